The summed E-state index contributed by atoms with van der Waals surface area (Å²) in [5, 5.41) is 22.9. The number of rotatable bonds is 11. The lowest BCUT2D eigenvalue weighted by atomic mass is 9.88. The van der Waals surface area contributed by atoms with Gasteiger partial charge in [-0.25, -0.2) is 13.2 Å². The molecule has 0 saturated carbocycles. The van der Waals surface area contributed by atoms with Crippen LogP contribution in [0.5, 0.6) is 0 Å². The van der Waals surface area contributed by atoms with Crippen molar-refractivity contribution < 1.29 is 36.6 Å². The standard InChI is InChI=1S/C31H34ClF3N2O5S/c1-30(2,16-19-12-20-6-4-5-7-21(20)13-19)36-17-24(38)18-37(3)43(41,42)28-11-9-22(14-26(28)31(33,34)35)23-8-10-25(29(39)40)27(32)15-23/h4-11,14-15,19,24,36,38H,12-13,16-18H2,1-3H3,(H,39,40)/t24-/m1/s1. The molecule has 12 heteroatoms. The molecule has 4 rings (SSSR count). The molecule has 1 atom stereocenters. The average Bonchev–Trinajstić information content (AvgIpc) is 3.32. The molecule has 0 bridgehead atoms. The van der Waals surface area contributed by atoms with Gasteiger partial charge in [0, 0.05) is 25.7 Å². The zero-order valence-electron chi connectivity index (χ0n) is 24.0. The number of aliphatic hydroxyl groups is 1. The summed E-state index contributed by atoms with van der Waals surface area (Å²) in [6, 6.07) is 14.7. The Bertz CT molecular complexity index is 1590. The highest BCUT2D eigenvalue weighted by molar-refractivity contribution is 7.89. The fourth-order valence-corrected chi connectivity index (χ4v) is 7.29. The number of likely N-dealkylation sites (N-methyl/N-ethyl adjacent to an activating group) is 1. The fourth-order valence-electron chi connectivity index (χ4n) is 5.63. The maximum atomic E-state index is 14.1. The van der Waals surface area contributed by atoms with Crippen molar-refractivity contribution in [1.82, 2.24) is 9.62 Å². The third-order valence-electron chi connectivity index (χ3n) is 7.72. The fraction of sp³-hybridized carbons (Fsp3) is 0.387. The van der Waals surface area contributed by atoms with Crippen molar-refractivity contribution >= 4 is 27.6 Å². The van der Waals surface area contributed by atoms with Crippen molar-refractivity contribution in [3.05, 3.63) is 87.9 Å². The van der Waals surface area contributed by atoms with Crippen LogP contribution in [0.4, 0.5) is 13.2 Å². The van der Waals surface area contributed by atoms with E-state index in [1.165, 1.54) is 29.3 Å². The summed E-state index contributed by atoms with van der Waals surface area (Å²) in [6.45, 7) is 3.63. The largest absolute Gasteiger partial charge is 0.478 e. The maximum Gasteiger partial charge on any atom is 0.417 e. The number of hydrogen-bond donors (Lipinski definition) is 3. The monoisotopic (exact) mass is 638 g/mol. The number of carboxylic acids is 1. The van der Waals surface area contributed by atoms with E-state index in [2.05, 4.69) is 17.4 Å². The predicted octanol–water partition coefficient (Wildman–Crippen LogP) is 5.88. The molecule has 43 heavy (non-hydrogen) atoms. The second-order valence-corrected chi connectivity index (χ2v) is 14.1. The molecule has 0 aromatic heterocycles. The highest BCUT2D eigenvalue weighted by Crippen LogP contribution is 2.38. The minimum atomic E-state index is -5.02. The number of carboxylic acid groups (broad SMARTS) is 1. The first kappa shape index (κ1) is 32.9. The normalized spacial score (nSPS) is 15.1. The van der Waals surface area contributed by atoms with Crippen LogP contribution in [0.15, 0.2) is 65.6 Å². The topological polar surface area (TPSA) is 107 Å². The van der Waals surface area contributed by atoms with Crippen LogP contribution in [0.1, 0.15) is 47.3 Å². The van der Waals surface area contributed by atoms with Crippen LogP contribution in [0.25, 0.3) is 11.1 Å². The summed E-state index contributed by atoms with van der Waals surface area (Å²) in [4.78, 5) is 10.3. The zero-order chi connectivity index (χ0) is 31.7. The Labute approximate surface area is 254 Å². The van der Waals surface area contributed by atoms with Crippen LogP contribution in [0, 0.1) is 5.92 Å². The zero-order valence-corrected chi connectivity index (χ0v) is 25.5. The summed E-state index contributed by atoms with van der Waals surface area (Å²) < 4.78 is 69.6. The third kappa shape index (κ3) is 7.77. The molecular weight excluding hydrogens is 605 g/mol. The van der Waals surface area contributed by atoms with Crippen LogP contribution in [0.2, 0.25) is 5.02 Å². The lowest BCUT2D eigenvalue weighted by Crippen LogP contribution is -2.47. The van der Waals surface area contributed by atoms with Gasteiger partial charge in [0.2, 0.25) is 10.0 Å². The predicted molar refractivity (Wildman–Crippen MR) is 159 cm³/mol. The molecule has 0 aliphatic heterocycles. The molecule has 0 unspecified atom stereocenters. The summed E-state index contributed by atoms with van der Waals surface area (Å²) in [7, 11) is -3.53. The van der Waals surface area contributed by atoms with Gasteiger partial charge in [-0.3, -0.25) is 0 Å². The first-order valence-electron chi connectivity index (χ1n) is 13.7. The van der Waals surface area contributed by atoms with E-state index >= 15 is 0 Å². The number of nitrogens with one attached hydrogen (secondary N) is 1. The molecule has 0 radical (unpaired) electrons. The van der Waals surface area contributed by atoms with E-state index in [9.17, 15) is 31.5 Å². The lowest BCUT2D eigenvalue weighted by molar-refractivity contribution is -0.139. The number of alkyl halides is 3. The van der Waals surface area contributed by atoms with Crippen molar-refractivity contribution in [3.8, 4) is 11.1 Å². The minimum Gasteiger partial charge on any atom is -0.478 e. The Kier molecular flexibility index (Phi) is 9.63. The smallest absolute Gasteiger partial charge is 0.417 e. The minimum absolute atomic E-state index is 0.00425. The Morgan fingerprint density at radius 2 is 1.63 bits per heavy atom. The molecule has 3 aromatic carbocycles. The van der Waals surface area contributed by atoms with Crippen molar-refractivity contribution in [2.45, 2.75) is 55.8 Å². The summed E-state index contributed by atoms with van der Waals surface area (Å²) in [5.74, 6) is -0.868. The van der Waals surface area contributed by atoms with E-state index in [0.717, 1.165) is 38.4 Å². The first-order chi connectivity index (χ1) is 20.0. The number of β-amino-alcohol motifs (C(OH)–C–C–N with tert-alkyl or cyclic N) is 1. The number of nitrogens with zero attached hydrogens (tertiary/aromatic N) is 1. The van der Waals surface area contributed by atoms with Gasteiger partial charge < -0.3 is 15.5 Å². The number of hydrogen-bond acceptors (Lipinski definition) is 5. The molecule has 0 saturated heterocycles. The number of halogens is 4. The number of fused-ring (bicyclic) bond motifs is 1. The Morgan fingerprint density at radius 3 is 2.19 bits per heavy atom. The van der Waals surface area contributed by atoms with Gasteiger partial charge in [0.25, 0.3) is 0 Å². The molecule has 0 amide bonds. The Balaban J connectivity index is 1.45. The van der Waals surface area contributed by atoms with Gasteiger partial charge in [0.05, 0.1) is 27.1 Å². The van der Waals surface area contributed by atoms with E-state index < -0.39 is 45.3 Å². The number of aliphatic hydroxyl groups excluding tert-OH is 1. The molecule has 0 spiro atoms. The molecule has 0 fully saturated rings. The van der Waals surface area contributed by atoms with Gasteiger partial charge in [-0.05, 0) is 85.5 Å². The van der Waals surface area contributed by atoms with Gasteiger partial charge >= 0.3 is 12.1 Å². The van der Waals surface area contributed by atoms with Gasteiger partial charge in [0.15, 0.2) is 0 Å². The van der Waals surface area contributed by atoms with Gasteiger partial charge in [-0.1, -0.05) is 48.0 Å². The third-order valence-corrected chi connectivity index (χ3v) is 9.92. The van der Waals surface area contributed by atoms with Crippen LogP contribution in [-0.2, 0) is 29.0 Å². The second-order valence-electron chi connectivity index (χ2n) is 11.7. The molecule has 3 aromatic rings. The van der Waals surface area contributed by atoms with E-state index in [1.807, 2.05) is 26.0 Å². The highest BCUT2D eigenvalue weighted by atomic mass is 35.5. The van der Waals surface area contributed by atoms with E-state index in [-0.39, 0.29) is 33.8 Å². The van der Waals surface area contributed by atoms with Gasteiger partial charge in [-0.2, -0.15) is 17.5 Å². The number of sulfonamides is 1. The van der Waals surface area contributed by atoms with Crippen molar-refractivity contribution in [1.29, 1.82) is 0 Å². The summed E-state index contributed by atoms with van der Waals surface area (Å²) in [6.07, 6.45) is -3.44. The quantitative estimate of drug-likeness (QED) is 0.242. The van der Waals surface area contributed by atoms with E-state index in [4.69, 9.17) is 16.7 Å². The Morgan fingerprint density at radius 1 is 1.05 bits per heavy atom. The molecule has 1 aliphatic rings. The molecule has 7 nitrogen and oxygen atoms in total. The van der Waals surface area contributed by atoms with Crippen LogP contribution in [0.3, 0.4) is 0 Å². The van der Waals surface area contributed by atoms with E-state index in [1.54, 1.807) is 0 Å². The number of aromatic carboxylic acids is 1. The summed E-state index contributed by atoms with van der Waals surface area (Å²) in [5.41, 5.74) is 0.885. The maximum absolute atomic E-state index is 14.1. The molecule has 1 aliphatic carbocycles. The Hall–Kier alpha value is -2.96. The van der Waals surface area contributed by atoms with Crippen LogP contribution >= 0.6 is 11.6 Å². The first-order valence-corrected chi connectivity index (χ1v) is 15.5. The van der Waals surface area contributed by atoms with Crippen LogP contribution in [-0.4, -0.2) is 60.7 Å². The SMILES string of the molecule is CN(C[C@H](O)CNC(C)(C)CC1Cc2ccccc2C1)S(=O)(=O)c1ccc(-c2ccc(C(=O)O)c(Cl)c2)cc1C(F)(F)F. The molecule has 232 valence electrons. The highest BCUT2D eigenvalue weighted by Gasteiger charge is 2.39. The van der Waals surface area contributed by atoms with E-state index in [0.29, 0.717) is 16.3 Å². The van der Waals surface area contributed by atoms with Crippen molar-refractivity contribution in [3.63, 3.8) is 0 Å². The second kappa shape index (κ2) is 12.6. The number of benzene rings is 3. The molecular formula is C31H34ClF3N2O5S. The lowest BCUT2D eigenvalue weighted by Gasteiger charge is -2.31. The summed E-state index contributed by atoms with van der Waals surface area (Å²) >= 11 is 5.98. The van der Waals surface area contributed by atoms with Crippen molar-refractivity contribution in [2.24, 2.45) is 5.92 Å². The van der Waals surface area contributed by atoms with Crippen molar-refractivity contribution in [2.75, 3.05) is 20.1 Å². The number of carbonyl (C=O) groups is 1. The van der Waals surface area contributed by atoms with Gasteiger partial charge in [-0.15, -0.1) is 0 Å². The average molecular weight is 639 g/mol. The van der Waals surface area contributed by atoms with Crippen LogP contribution < -0.4 is 5.32 Å². The molecule has 0 heterocycles. The van der Waals surface area contributed by atoms with Gasteiger partial charge in [0.1, 0.15) is 0 Å². The molecule has 3 N–H and O–H groups in total.